The first-order valence-corrected chi connectivity index (χ1v) is 7.25. The van der Waals surface area contributed by atoms with Crippen LogP contribution in [0.3, 0.4) is 0 Å². The van der Waals surface area contributed by atoms with Crippen molar-refractivity contribution in [3.05, 3.63) is 33.3 Å². The van der Waals surface area contributed by atoms with Crippen molar-refractivity contribution in [2.24, 2.45) is 0 Å². The van der Waals surface area contributed by atoms with Gasteiger partial charge in [-0.15, -0.1) is 0 Å². The molecule has 2 rings (SSSR count). The average molecular weight is 307 g/mol. The monoisotopic (exact) mass is 306 g/mol. The molecular formula is C10H11ClN2O5S. The fourth-order valence-electron chi connectivity index (χ4n) is 1.59. The molecule has 0 atom stereocenters. The highest BCUT2D eigenvalue weighted by Crippen LogP contribution is 2.36. The number of nitro groups is 1. The van der Waals surface area contributed by atoms with Gasteiger partial charge in [0.25, 0.3) is 5.69 Å². The van der Waals surface area contributed by atoms with E-state index in [4.69, 9.17) is 16.7 Å². The Balaban J connectivity index is 2.36. The fraction of sp³-hybridized carbons (Fsp3) is 0.400. The molecule has 2 N–H and O–H groups in total. The second-order valence-electron chi connectivity index (χ2n) is 4.41. The Morgan fingerprint density at radius 3 is 2.58 bits per heavy atom. The standard InChI is InChI=1S/C10H11ClN2O5S/c11-8-2-1-7(5-9(8)13(15)16)19(17,18)12-10(6-14)3-4-10/h1-2,5,12,14H,3-4,6H2. The van der Waals surface area contributed by atoms with Crippen molar-refractivity contribution in [2.45, 2.75) is 23.3 Å². The molecule has 9 heteroatoms. The second-order valence-corrected chi connectivity index (χ2v) is 6.50. The number of nitro benzene ring substituents is 1. The van der Waals surface area contributed by atoms with Crippen LogP contribution in [0.2, 0.25) is 5.02 Å². The van der Waals surface area contributed by atoms with Crippen LogP contribution in [-0.2, 0) is 10.0 Å². The minimum atomic E-state index is -3.91. The van der Waals surface area contributed by atoms with Crippen LogP contribution in [0.1, 0.15) is 12.8 Å². The summed E-state index contributed by atoms with van der Waals surface area (Å²) in [6.07, 6.45) is 1.08. The molecule has 0 unspecified atom stereocenters. The van der Waals surface area contributed by atoms with Crippen molar-refractivity contribution in [1.29, 1.82) is 0 Å². The lowest BCUT2D eigenvalue weighted by Crippen LogP contribution is -2.39. The van der Waals surface area contributed by atoms with Gasteiger partial charge in [-0.25, -0.2) is 13.1 Å². The van der Waals surface area contributed by atoms with Crippen molar-refractivity contribution in [3.8, 4) is 0 Å². The molecule has 104 valence electrons. The van der Waals surface area contributed by atoms with E-state index < -0.39 is 26.2 Å². The van der Waals surface area contributed by atoms with Gasteiger partial charge in [0.1, 0.15) is 5.02 Å². The molecule has 0 aliphatic heterocycles. The van der Waals surface area contributed by atoms with E-state index in [-0.39, 0.29) is 16.5 Å². The number of aliphatic hydroxyl groups is 1. The third-order valence-electron chi connectivity index (χ3n) is 2.93. The zero-order chi connectivity index (χ0) is 14.3. The van der Waals surface area contributed by atoms with Crippen molar-refractivity contribution < 1.29 is 18.4 Å². The molecule has 1 fully saturated rings. The molecule has 1 aromatic rings. The third-order valence-corrected chi connectivity index (χ3v) is 4.83. The quantitative estimate of drug-likeness (QED) is 0.624. The molecule has 0 saturated heterocycles. The van der Waals surface area contributed by atoms with E-state index in [1.165, 1.54) is 6.07 Å². The number of aliphatic hydroxyl groups excluding tert-OH is 1. The Morgan fingerprint density at radius 2 is 2.11 bits per heavy atom. The topological polar surface area (TPSA) is 110 Å². The van der Waals surface area contributed by atoms with Crippen LogP contribution in [0.15, 0.2) is 23.1 Å². The Morgan fingerprint density at radius 1 is 1.47 bits per heavy atom. The number of nitrogens with one attached hydrogen (secondary N) is 1. The van der Waals surface area contributed by atoms with Crippen LogP contribution in [0, 0.1) is 10.1 Å². The predicted octanol–water partition coefficient (Wildman–Crippen LogP) is 1.05. The average Bonchev–Trinajstić information content (AvgIpc) is 3.08. The number of hydrogen-bond donors (Lipinski definition) is 2. The van der Waals surface area contributed by atoms with Crippen LogP contribution < -0.4 is 4.72 Å². The molecule has 0 heterocycles. The molecule has 1 aliphatic rings. The molecular weight excluding hydrogens is 296 g/mol. The van der Waals surface area contributed by atoms with Crippen LogP contribution >= 0.6 is 11.6 Å². The number of hydrogen-bond acceptors (Lipinski definition) is 5. The highest BCUT2D eigenvalue weighted by atomic mass is 35.5. The summed E-state index contributed by atoms with van der Waals surface area (Å²) in [7, 11) is -3.91. The molecule has 19 heavy (non-hydrogen) atoms. The molecule has 0 bridgehead atoms. The fourth-order valence-corrected chi connectivity index (χ4v) is 3.24. The summed E-state index contributed by atoms with van der Waals surface area (Å²) >= 11 is 5.62. The molecule has 0 radical (unpaired) electrons. The van der Waals surface area contributed by atoms with E-state index in [9.17, 15) is 18.5 Å². The number of rotatable bonds is 5. The Labute approximate surface area is 114 Å². The lowest BCUT2D eigenvalue weighted by molar-refractivity contribution is -0.384. The largest absolute Gasteiger partial charge is 0.394 e. The third kappa shape index (κ3) is 2.86. The number of sulfonamides is 1. The SMILES string of the molecule is O=[N+]([O-])c1cc(S(=O)(=O)NC2(CO)CC2)ccc1Cl. The lowest BCUT2D eigenvalue weighted by atomic mass is 10.3. The highest BCUT2D eigenvalue weighted by Gasteiger charge is 2.45. The summed E-state index contributed by atoms with van der Waals surface area (Å²) in [5.41, 5.74) is -1.30. The number of halogens is 1. The number of nitrogens with zero attached hydrogens (tertiary/aromatic N) is 1. The van der Waals surface area contributed by atoms with Crippen molar-refractivity contribution in [3.63, 3.8) is 0 Å². The van der Waals surface area contributed by atoms with Gasteiger partial charge in [0.2, 0.25) is 10.0 Å². The first-order valence-electron chi connectivity index (χ1n) is 5.38. The lowest BCUT2D eigenvalue weighted by Gasteiger charge is -2.14. The normalized spacial score (nSPS) is 17.2. The predicted molar refractivity (Wildman–Crippen MR) is 67.5 cm³/mol. The molecule has 1 aliphatic carbocycles. The summed E-state index contributed by atoms with van der Waals surface area (Å²) in [6, 6.07) is 3.25. The van der Waals surface area contributed by atoms with E-state index in [0.717, 1.165) is 12.1 Å². The van der Waals surface area contributed by atoms with Crippen LogP contribution in [0.5, 0.6) is 0 Å². The smallest absolute Gasteiger partial charge is 0.289 e. The minimum absolute atomic E-state index is 0.132. The van der Waals surface area contributed by atoms with Gasteiger partial charge in [0, 0.05) is 6.07 Å². The van der Waals surface area contributed by atoms with E-state index in [0.29, 0.717) is 12.8 Å². The summed E-state index contributed by atoms with van der Waals surface area (Å²) in [5.74, 6) is 0. The van der Waals surface area contributed by atoms with Gasteiger partial charge in [0.15, 0.2) is 0 Å². The van der Waals surface area contributed by atoms with Gasteiger partial charge in [-0.1, -0.05) is 11.6 Å². The van der Waals surface area contributed by atoms with E-state index in [2.05, 4.69) is 4.72 Å². The maximum Gasteiger partial charge on any atom is 0.289 e. The molecule has 0 aromatic heterocycles. The Hall–Kier alpha value is -1.22. The summed E-state index contributed by atoms with van der Waals surface area (Å²) < 4.78 is 26.4. The minimum Gasteiger partial charge on any atom is -0.394 e. The van der Waals surface area contributed by atoms with Gasteiger partial charge < -0.3 is 5.11 Å². The Bertz CT molecular complexity index is 627. The molecule has 7 nitrogen and oxygen atoms in total. The van der Waals surface area contributed by atoms with Gasteiger partial charge in [-0.2, -0.15) is 0 Å². The Kier molecular flexibility index (Phi) is 3.52. The van der Waals surface area contributed by atoms with Crippen LogP contribution in [0.4, 0.5) is 5.69 Å². The summed E-state index contributed by atoms with van der Waals surface area (Å²) in [6.45, 7) is -0.304. The molecule has 0 amide bonds. The molecule has 0 spiro atoms. The van der Waals surface area contributed by atoms with Gasteiger partial charge in [0.05, 0.1) is 22.0 Å². The van der Waals surface area contributed by atoms with E-state index in [1.807, 2.05) is 0 Å². The first-order chi connectivity index (χ1) is 8.80. The zero-order valence-corrected chi connectivity index (χ0v) is 11.2. The van der Waals surface area contributed by atoms with E-state index >= 15 is 0 Å². The maximum atomic E-state index is 12.0. The van der Waals surface area contributed by atoms with Crippen molar-refractivity contribution in [2.75, 3.05) is 6.61 Å². The summed E-state index contributed by atoms with van der Waals surface area (Å²) in [5, 5.41) is 19.7. The van der Waals surface area contributed by atoms with Gasteiger partial charge in [-0.3, -0.25) is 10.1 Å². The van der Waals surface area contributed by atoms with Gasteiger partial charge in [-0.05, 0) is 25.0 Å². The zero-order valence-electron chi connectivity index (χ0n) is 9.67. The van der Waals surface area contributed by atoms with Gasteiger partial charge >= 0.3 is 0 Å². The van der Waals surface area contributed by atoms with Crippen molar-refractivity contribution in [1.82, 2.24) is 4.72 Å². The first kappa shape index (κ1) is 14.2. The highest BCUT2D eigenvalue weighted by molar-refractivity contribution is 7.89. The van der Waals surface area contributed by atoms with Crippen LogP contribution in [0.25, 0.3) is 0 Å². The second kappa shape index (κ2) is 4.71. The number of benzene rings is 1. The molecule has 1 aromatic carbocycles. The van der Waals surface area contributed by atoms with Crippen molar-refractivity contribution >= 4 is 27.3 Å². The summed E-state index contributed by atoms with van der Waals surface area (Å²) in [4.78, 5) is 9.72. The van der Waals surface area contributed by atoms with E-state index in [1.54, 1.807) is 0 Å². The maximum absolute atomic E-state index is 12.0. The molecule has 1 saturated carbocycles. The van der Waals surface area contributed by atoms with Crippen LogP contribution in [-0.4, -0.2) is 30.6 Å².